The monoisotopic (exact) mass is 122 g/mol. The predicted molar refractivity (Wildman–Crippen MR) is 31.6 cm³/mol. The topological polar surface area (TPSA) is 29.5 Å². The molecule has 0 aromatic heterocycles. The molecule has 0 aliphatic carbocycles. The molecular formula is C4H11O2P. The molecule has 44 valence electrons. The quantitative estimate of drug-likeness (QED) is 0.444. The SMILES string of the molecule is CCCOCPO. The molecule has 0 saturated carbocycles. The zero-order chi connectivity index (χ0) is 5.54. The number of hydrogen-bond acceptors (Lipinski definition) is 2. The van der Waals surface area contributed by atoms with Gasteiger partial charge in [0.1, 0.15) is 0 Å². The maximum Gasteiger partial charge on any atom is 0.0877 e. The van der Waals surface area contributed by atoms with Crippen LogP contribution in [0.3, 0.4) is 0 Å². The summed E-state index contributed by atoms with van der Waals surface area (Å²) in [6.07, 6.45) is 1.54. The fourth-order valence-corrected chi connectivity index (χ4v) is 0.498. The van der Waals surface area contributed by atoms with Crippen LogP contribution in [-0.4, -0.2) is 17.8 Å². The molecule has 0 amide bonds. The summed E-state index contributed by atoms with van der Waals surface area (Å²) in [6, 6.07) is 0. The fourth-order valence-electron chi connectivity index (χ4n) is 0.262. The Morgan fingerprint density at radius 2 is 2.43 bits per heavy atom. The van der Waals surface area contributed by atoms with Crippen molar-refractivity contribution in [3.05, 3.63) is 0 Å². The summed E-state index contributed by atoms with van der Waals surface area (Å²) in [7, 11) is -0.0546. The molecule has 2 nitrogen and oxygen atoms in total. The van der Waals surface area contributed by atoms with E-state index in [0.717, 1.165) is 13.0 Å². The van der Waals surface area contributed by atoms with Crippen LogP contribution in [0.5, 0.6) is 0 Å². The zero-order valence-corrected chi connectivity index (χ0v) is 5.48. The Morgan fingerprint density at radius 3 is 2.86 bits per heavy atom. The van der Waals surface area contributed by atoms with Crippen molar-refractivity contribution in [1.29, 1.82) is 0 Å². The number of ether oxygens (including phenoxy) is 1. The van der Waals surface area contributed by atoms with Gasteiger partial charge in [0.25, 0.3) is 0 Å². The second kappa shape index (κ2) is 6.35. The molecule has 0 aliphatic rings. The van der Waals surface area contributed by atoms with Crippen molar-refractivity contribution in [2.24, 2.45) is 0 Å². The summed E-state index contributed by atoms with van der Waals surface area (Å²) in [6.45, 7) is 2.81. The van der Waals surface area contributed by atoms with Gasteiger partial charge in [-0.2, -0.15) is 0 Å². The zero-order valence-electron chi connectivity index (χ0n) is 4.48. The molecule has 0 aromatic carbocycles. The highest BCUT2D eigenvalue weighted by Gasteiger charge is 1.78. The summed E-state index contributed by atoms with van der Waals surface area (Å²) >= 11 is 0. The second-order valence-electron chi connectivity index (χ2n) is 1.21. The second-order valence-corrected chi connectivity index (χ2v) is 1.82. The molecule has 0 saturated heterocycles. The molecule has 1 atom stereocenters. The van der Waals surface area contributed by atoms with Crippen molar-refractivity contribution in [1.82, 2.24) is 0 Å². The summed E-state index contributed by atoms with van der Waals surface area (Å²) in [5.74, 6) is 0. The minimum Gasteiger partial charge on any atom is -0.375 e. The van der Waals surface area contributed by atoms with Crippen molar-refractivity contribution in [2.75, 3.05) is 13.0 Å². The largest absolute Gasteiger partial charge is 0.375 e. The highest BCUT2D eigenvalue weighted by molar-refractivity contribution is 7.30. The fraction of sp³-hybridized carbons (Fsp3) is 1.00. The molecule has 0 heterocycles. The van der Waals surface area contributed by atoms with Crippen LogP contribution in [0.4, 0.5) is 0 Å². The van der Waals surface area contributed by atoms with Crippen LogP contribution >= 0.6 is 8.81 Å². The Hall–Kier alpha value is 0.350. The van der Waals surface area contributed by atoms with Gasteiger partial charge in [0, 0.05) is 15.4 Å². The van der Waals surface area contributed by atoms with Crippen LogP contribution in [0.2, 0.25) is 0 Å². The van der Waals surface area contributed by atoms with E-state index in [1.165, 1.54) is 0 Å². The Kier molecular flexibility index (Phi) is 6.67. The van der Waals surface area contributed by atoms with Gasteiger partial charge in [-0.15, -0.1) is 0 Å². The van der Waals surface area contributed by atoms with E-state index in [0.29, 0.717) is 6.35 Å². The van der Waals surface area contributed by atoms with Gasteiger partial charge in [-0.05, 0) is 6.42 Å². The van der Waals surface area contributed by atoms with Crippen LogP contribution in [0.25, 0.3) is 0 Å². The first-order valence-corrected chi connectivity index (χ1v) is 3.52. The van der Waals surface area contributed by atoms with Crippen LogP contribution < -0.4 is 0 Å². The minimum atomic E-state index is -0.0546. The van der Waals surface area contributed by atoms with E-state index >= 15 is 0 Å². The number of rotatable bonds is 4. The number of hydrogen-bond donors (Lipinski definition) is 1. The molecule has 0 bridgehead atoms. The van der Waals surface area contributed by atoms with Gasteiger partial charge in [0.05, 0.1) is 6.35 Å². The first kappa shape index (κ1) is 7.35. The lowest BCUT2D eigenvalue weighted by molar-refractivity contribution is 0.178. The molecule has 1 unspecified atom stereocenters. The van der Waals surface area contributed by atoms with Crippen molar-refractivity contribution >= 4 is 8.81 Å². The van der Waals surface area contributed by atoms with Crippen molar-refractivity contribution < 1.29 is 9.63 Å². The molecular weight excluding hydrogens is 111 g/mol. The van der Waals surface area contributed by atoms with Gasteiger partial charge in [0.15, 0.2) is 0 Å². The summed E-state index contributed by atoms with van der Waals surface area (Å²) in [5.41, 5.74) is 0. The third kappa shape index (κ3) is 6.35. The van der Waals surface area contributed by atoms with Crippen molar-refractivity contribution in [3.63, 3.8) is 0 Å². The molecule has 1 N–H and O–H groups in total. The molecule has 0 rings (SSSR count). The summed E-state index contributed by atoms with van der Waals surface area (Å²) < 4.78 is 4.89. The van der Waals surface area contributed by atoms with Crippen LogP contribution in [-0.2, 0) is 4.74 Å². The van der Waals surface area contributed by atoms with Crippen LogP contribution in [0.15, 0.2) is 0 Å². The van der Waals surface area contributed by atoms with E-state index in [1.807, 2.05) is 6.92 Å². The maximum absolute atomic E-state index is 8.20. The third-order valence-electron chi connectivity index (χ3n) is 0.515. The van der Waals surface area contributed by atoms with Crippen molar-refractivity contribution in [3.8, 4) is 0 Å². The Labute approximate surface area is 45.7 Å². The normalized spacial score (nSPS) is 11.1. The molecule has 0 fully saturated rings. The van der Waals surface area contributed by atoms with E-state index < -0.39 is 0 Å². The van der Waals surface area contributed by atoms with E-state index in [4.69, 9.17) is 9.63 Å². The highest BCUT2D eigenvalue weighted by atomic mass is 31.1. The average molecular weight is 122 g/mol. The van der Waals surface area contributed by atoms with Gasteiger partial charge in [0.2, 0.25) is 0 Å². The molecule has 0 aliphatic heterocycles. The molecule has 0 radical (unpaired) electrons. The molecule has 7 heavy (non-hydrogen) atoms. The van der Waals surface area contributed by atoms with E-state index in [2.05, 4.69) is 0 Å². The van der Waals surface area contributed by atoms with Gasteiger partial charge in [-0.3, -0.25) is 0 Å². The van der Waals surface area contributed by atoms with Crippen molar-refractivity contribution in [2.45, 2.75) is 13.3 Å². The molecule has 0 spiro atoms. The van der Waals surface area contributed by atoms with Gasteiger partial charge < -0.3 is 9.63 Å². The standard InChI is InChI=1S/C4H11O2P/c1-2-3-6-4-7-5/h5,7H,2-4H2,1H3. The lowest BCUT2D eigenvalue weighted by Gasteiger charge is -1.94. The molecule has 0 aromatic rings. The van der Waals surface area contributed by atoms with Gasteiger partial charge in [-0.1, -0.05) is 6.92 Å². The van der Waals surface area contributed by atoms with Gasteiger partial charge >= 0.3 is 0 Å². The third-order valence-corrected chi connectivity index (χ3v) is 0.848. The first-order valence-electron chi connectivity index (χ1n) is 2.36. The Balaban J connectivity index is 2.45. The Bertz CT molecular complexity index is 28.9. The Morgan fingerprint density at radius 1 is 1.71 bits per heavy atom. The summed E-state index contributed by atoms with van der Waals surface area (Å²) in [4.78, 5) is 8.20. The predicted octanol–water partition coefficient (Wildman–Crippen LogP) is 0.956. The average Bonchev–Trinajstić information content (AvgIpc) is 1.69. The highest BCUT2D eigenvalue weighted by Crippen LogP contribution is 1.99. The minimum absolute atomic E-state index is 0.0546. The van der Waals surface area contributed by atoms with Gasteiger partial charge in [-0.25, -0.2) is 0 Å². The lowest BCUT2D eigenvalue weighted by atomic mass is 10.5. The lowest BCUT2D eigenvalue weighted by Crippen LogP contribution is -1.88. The first-order chi connectivity index (χ1) is 3.41. The maximum atomic E-state index is 8.20. The van der Waals surface area contributed by atoms with E-state index in [9.17, 15) is 0 Å². The van der Waals surface area contributed by atoms with Crippen LogP contribution in [0.1, 0.15) is 13.3 Å². The summed E-state index contributed by atoms with van der Waals surface area (Å²) in [5, 5.41) is 0. The molecule has 3 heteroatoms. The van der Waals surface area contributed by atoms with Crippen LogP contribution in [0, 0.1) is 0 Å². The smallest absolute Gasteiger partial charge is 0.0877 e. The van der Waals surface area contributed by atoms with E-state index in [1.54, 1.807) is 0 Å². The van der Waals surface area contributed by atoms with E-state index in [-0.39, 0.29) is 8.81 Å².